The fourth-order valence-electron chi connectivity index (χ4n) is 3.76. The lowest BCUT2D eigenvalue weighted by atomic mass is 10.2. The summed E-state index contributed by atoms with van der Waals surface area (Å²) in [5, 5.41) is 1.74. The van der Waals surface area contributed by atoms with Crippen molar-refractivity contribution in [1.29, 1.82) is 0 Å². The van der Waals surface area contributed by atoms with Crippen molar-refractivity contribution >= 4 is 44.1 Å². The van der Waals surface area contributed by atoms with Gasteiger partial charge in [-0.2, -0.15) is 4.68 Å². The molecule has 3 heterocycles. The van der Waals surface area contributed by atoms with Gasteiger partial charge in [-0.05, 0) is 36.8 Å². The van der Waals surface area contributed by atoms with Gasteiger partial charge in [-0.3, -0.25) is 14.3 Å². The van der Waals surface area contributed by atoms with Crippen LogP contribution in [0, 0.1) is 6.92 Å². The van der Waals surface area contributed by atoms with Gasteiger partial charge < -0.3 is 4.57 Å². The zero-order valence-corrected chi connectivity index (χ0v) is 17.9. The summed E-state index contributed by atoms with van der Waals surface area (Å²) in [4.78, 5) is 30.9. The number of aryl methyl sites for hydroxylation is 2. The van der Waals surface area contributed by atoms with Crippen LogP contribution in [0.3, 0.4) is 0 Å². The van der Waals surface area contributed by atoms with Gasteiger partial charge in [0.25, 0.3) is 11.1 Å². The van der Waals surface area contributed by atoms with Crippen LogP contribution in [0.1, 0.15) is 11.3 Å². The molecule has 0 saturated carbocycles. The number of nitrogens with zero attached hydrogens (tertiary/aromatic N) is 4. The highest BCUT2D eigenvalue weighted by Crippen LogP contribution is 2.25. The maximum atomic E-state index is 13.4. The zero-order valence-electron chi connectivity index (χ0n) is 16.3. The summed E-state index contributed by atoms with van der Waals surface area (Å²) < 4.78 is 5.87. The first-order valence-corrected chi connectivity index (χ1v) is 10.6. The van der Waals surface area contributed by atoms with E-state index in [4.69, 9.17) is 11.6 Å². The second-order valence-corrected chi connectivity index (χ2v) is 8.59. The van der Waals surface area contributed by atoms with Crippen molar-refractivity contribution in [3.8, 4) is 5.13 Å². The summed E-state index contributed by atoms with van der Waals surface area (Å²) in [6.45, 7) is 2.18. The van der Waals surface area contributed by atoms with Crippen LogP contribution in [0.4, 0.5) is 0 Å². The molecule has 0 saturated heterocycles. The van der Waals surface area contributed by atoms with E-state index in [1.54, 1.807) is 28.4 Å². The van der Waals surface area contributed by atoms with E-state index in [1.165, 1.54) is 22.1 Å². The maximum Gasteiger partial charge on any atom is 0.283 e. The van der Waals surface area contributed by atoms with Crippen molar-refractivity contribution in [2.24, 2.45) is 7.05 Å². The number of thiazole rings is 1. The van der Waals surface area contributed by atoms with Crippen molar-refractivity contribution in [1.82, 2.24) is 18.9 Å². The Morgan fingerprint density at radius 1 is 1.07 bits per heavy atom. The predicted octanol–water partition coefficient (Wildman–Crippen LogP) is 4.11. The third-order valence-electron chi connectivity index (χ3n) is 5.32. The van der Waals surface area contributed by atoms with Crippen LogP contribution in [0.5, 0.6) is 0 Å². The Morgan fingerprint density at radius 3 is 2.53 bits per heavy atom. The minimum atomic E-state index is -0.186. The van der Waals surface area contributed by atoms with E-state index < -0.39 is 0 Å². The summed E-state index contributed by atoms with van der Waals surface area (Å²) >= 11 is 7.41. The quantitative estimate of drug-likeness (QED) is 0.427. The van der Waals surface area contributed by atoms with E-state index in [1.807, 2.05) is 43.3 Å². The Hall–Kier alpha value is -3.16. The molecule has 0 aliphatic heterocycles. The van der Waals surface area contributed by atoms with Crippen LogP contribution < -0.4 is 11.1 Å². The highest BCUT2D eigenvalue weighted by atomic mass is 35.5. The average Bonchev–Trinajstić information content (AvgIpc) is 3.25. The van der Waals surface area contributed by atoms with Crippen LogP contribution in [0.15, 0.2) is 64.2 Å². The van der Waals surface area contributed by atoms with Crippen LogP contribution >= 0.6 is 22.9 Å². The number of aromatic nitrogens is 4. The number of hydrogen-bond donors (Lipinski definition) is 0. The normalized spacial score (nSPS) is 11.6. The molecule has 2 aromatic carbocycles. The Morgan fingerprint density at radius 2 is 1.80 bits per heavy atom. The Kier molecular flexibility index (Phi) is 4.38. The number of hydrogen-bond acceptors (Lipinski definition) is 4. The van der Waals surface area contributed by atoms with Crippen LogP contribution in [0.2, 0.25) is 5.02 Å². The lowest BCUT2D eigenvalue weighted by molar-refractivity contribution is 0.663. The minimum Gasteiger partial charge on any atom is -0.308 e. The number of halogens is 1. The molecule has 5 rings (SSSR count). The standard InChI is InChI=1S/C22H17ClN4O2S/c1-13-20-17(11-19(28)26(13)12-14-7-9-15(23)10-8-14)25(2)27(21(20)29)22-24-16-5-3-4-6-18(16)30-22/h3-11H,12H2,1-2H3. The van der Waals surface area contributed by atoms with E-state index in [0.29, 0.717) is 33.3 Å². The molecule has 0 aliphatic carbocycles. The van der Waals surface area contributed by atoms with Crippen molar-refractivity contribution in [3.63, 3.8) is 0 Å². The molecule has 0 bridgehead atoms. The SMILES string of the molecule is Cc1c2c(=O)n(-c3nc4ccccc4s3)n(C)c2cc(=O)n1Cc1ccc(Cl)cc1. The Labute approximate surface area is 180 Å². The number of para-hydroxylation sites is 1. The third-order valence-corrected chi connectivity index (χ3v) is 6.59. The molecule has 150 valence electrons. The average molecular weight is 437 g/mol. The fraction of sp³-hybridized carbons (Fsp3) is 0.136. The topological polar surface area (TPSA) is 61.8 Å². The molecule has 0 unspecified atom stereocenters. The highest BCUT2D eigenvalue weighted by molar-refractivity contribution is 7.20. The van der Waals surface area contributed by atoms with Gasteiger partial charge >= 0.3 is 0 Å². The number of pyridine rings is 1. The Bertz CT molecular complexity index is 1510. The number of rotatable bonds is 3. The first kappa shape index (κ1) is 18.8. The third kappa shape index (κ3) is 2.89. The van der Waals surface area contributed by atoms with Crippen LogP contribution in [-0.4, -0.2) is 18.9 Å². The lowest BCUT2D eigenvalue weighted by Gasteiger charge is -2.11. The van der Waals surface area contributed by atoms with Gasteiger partial charge in [0, 0.05) is 23.8 Å². The van der Waals surface area contributed by atoms with Gasteiger partial charge in [-0.1, -0.05) is 47.2 Å². The molecule has 6 nitrogen and oxygen atoms in total. The van der Waals surface area contributed by atoms with Crippen molar-refractivity contribution in [2.75, 3.05) is 0 Å². The summed E-state index contributed by atoms with van der Waals surface area (Å²) in [5.74, 6) is 0. The second-order valence-electron chi connectivity index (χ2n) is 7.15. The van der Waals surface area contributed by atoms with E-state index in [-0.39, 0.29) is 11.1 Å². The molecule has 5 aromatic rings. The van der Waals surface area contributed by atoms with E-state index in [2.05, 4.69) is 4.98 Å². The molecule has 8 heteroatoms. The number of fused-ring (bicyclic) bond motifs is 2. The molecule has 0 fully saturated rings. The van der Waals surface area contributed by atoms with Gasteiger partial charge in [-0.15, -0.1) is 0 Å². The van der Waals surface area contributed by atoms with E-state index in [9.17, 15) is 9.59 Å². The smallest absolute Gasteiger partial charge is 0.283 e. The zero-order chi connectivity index (χ0) is 21.0. The van der Waals surface area contributed by atoms with Gasteiger partial charge in [0.05, 0.1) is 27.7 Å². The summed E-state index contributed by atoms with van der Waals surface area (Å²) in [5.41, 5.74) is 2.66. The van der Waals surface area contributed by atoms with Crippen molar-refractivity contribution < 1.29 is 0 Å². The Balaban J connectivity index is 1.72. The molecule has 3 aromatic heterocycles. The van der Waals surface area contributed by atoms with Gasteiger partial charge in [0.2, 0.25) is 5.13 Å². The fourth-order valence-corrected chi connectivity index (χ4v) is 4.88. The van der Waals surface area contributed by atoms with Crippen molar-refractivity contribution in [2.45, 2.75) is 13.5 Å². The molecular formula is C22H17ClN4O2S. The van der Waals surface area contributed by atoms with Gasteiger partial charge in [-0.25, -0.2) is 4.98 Å². The van der Waals surface area contributed by atoms with Crippen LogP contribution in [0.25, 0.3) is 26.3 Å². The second kappa shape index (κ2) is 6.97. The summed E-state index contributed by atoms with van der Waals surface area (Å²) in [6.07, 6.45) is 0. The van der Waals surface area contributed by atoms with E-state index >= 15 is 0 Å². The van der Waals surface area contributed by atoms with Gasteiger partial charge in [0.15, 0.2) is 0 Å². The molecule has 0 N–H and O–H groups in total. The lowest BCUT2D eigenvalue weighted by Crippen LogP contribution is -2.23. The molecule has 0 atom stereocenters. The van der Waals surface area contributed by atoms with E-state index in [0.717, 1.165) is 15.8 Å². The largest absolute Gasteiger partial charge is 0.308 e. The molecule has 0 aliphatic rings. The summed E-state index contributed by atoms with van der Waals surface area (Å²) in [6, 6.07) is 16.6. The molecule has 30 heavy (non-hydrogen) atoms. The number of benzene rings is 2. The minimum absolute atomic E-state index is 0.160. The van der Waals surface area contributed by atoms with Crippen LogP contribution in [-0.2, 0) is 13.6 Å². The first-order valence-electron chi connectivity index (χ1n) is 9.36. The summed E-state index contributed by atoms with van der Waals surface area (Å²) in [7, 11) is 1.78. The van der Waals surface area contributed by atoms with Crippen molar-refractivity contribution in [3.05, 3.63) is 91.6 Å². The highest BCUT2D eigenvalue weighted by Gasteiger charge is 2.20. The molecule has 0 amide bonds. The molecular weight excluding hydrogens is 420 g/mol. The first-order chi connectivity index (χ1) is 14.4. The monoisotopic (exact) mass is 436 g/mol. The predicted molar refractivity (Wildman–Crippen MR) is 121 cm³/mol. The molecule has 0 spiro atoms. The molecule has 0 radical (unpaired) electrons. The maximum absolute atomic E-state index is 13.4. The van der Waals surface area contributed by atoms with Gasteiger partial charge in [0.1, 0.15) is 0 Å².